The molecule has 0 radical (unpaired) electrons. The minimum Gasteiger partial charge on any atom is -0.445 e. The van der Waals surface area contributed by atoms with E-state index in [1.54, 1.807) is 0 Å². The summed E-state index contributed by atoms with van der Waals surface area (Å²) in [5.41, 5.74) is 0. The highest BCUT2D eigenvalue weighted by Crippen LogP contribution is 2.15. The maximum absolute atomic E-state index is 12.4. The summed E-state index contributed by atoms with van der Waals surface area (Å²) in [6.07, 6.45) is 1.12. The number of hydrogen-bond donors (Lipinski definition) is 0. The van der Waals surface area contributed by atoms with Crippen molar-refractivity contribution in [1.82, 2.24) is 4.98 Å². The minimum atomic E-state index is -0.495. The second-order valence-corrected chi connectivity index (χ2v) is 2.16. The van der Waals surface area contributed by atoms with Gasteiger partial charge >= 0.3 is 0 Å². The molecule has 0 spiro atoms. The van der Waals surface area contributed by atoms with Gasteiger partial charge in [-0.25, -0.2) is 0 Å². The van der Waals surface area contributed by atoms with Crippen LogP contribution in [0.5, 0.6) is 0 Å². The molecule has 0 aromatic carbocycles. The Kier molecular flexibility index (Phi) is 1.51. The van der Waals surface area contributed by atoms with Gasteiger partial charge in [-0.1, -0.05) is 13.8 Å². The van der Waals surface area contributed by atoms with E-state index in [4.69, 9.17) is 4.42 Å². The molecule has 0 N–H and O–H groups in total. The summed E-state index contributed by atoms with van der Waals surface area (Å²) >= 11 is 0. The van der Waals surface area contributed by atoms with Crippen LogP contribution in [-0.4, -0.2) is 4.98 Å². The van der Waals surface area contributed by atoms with Gasteiger partial charge in [0, 0.05) is 5.92 Å². The van der Waals surface area contributed by atoms with Crippen LogP contribution < -0.4 is 0 Å². The highest BCUT2D eigenvalue weighted by Gasteiger charge is 2.09. The average molecular weight is 129 g/mol. The maximum atomic E-state index is 12.4. The molecule has 0 atom stereocenters. The lowest BCUT2D eigenvalue weighted by atomic mass is 10.2. The van der Waals surface area contributed by atoms with Crippen LogP contribution in [0.25, 0.3) is 0 Å². The van der Waals surface area contributed by atoms with Crippen molar-refractivity contribution in [3.05, 3.63) is 18.1 Å². The number of oxazole rings is 1. The predicted molar refractivity (Wildman–Crippen MR) is 30.5 cm³/mol. The second kappa shape index (κ2) is 2.17. The zero-order valence-corrected chi connectivity index (χ0v) is 5.39. The van der Waals surface area contributed by atoms with Gasteiger partial charge in [-0.15, -0.1) is 0 Å². The van der Waals surface area contributed by atoms with Crippen LogP contribution in [0, 0.1) is 5.95 Å². The Morgan fingerprint density at radius 3 is 2.56 bits per heavy atom. The number of hydrogen-bond acceptors (Lipinski definition) is 2. The molecule has 50 valence electrons. The number of rotatable bonds is 1. The van der Waals surface area contributed by atoms with Crippen molar-refractivity contribution in [2.45, 2.75) is 19.8 Å². The molecular weight excluding hydrogens is 121 g/mol. The van der Waals surface area contributed by atoms with Crippen molar-refractivity contribution in [3.63, 3.8) is 0 Å². The monoisotopic (exact) mass is 129 g/mol. The molecule has 1 rings (SSSR count). The SMILES string of the molecule is CC(C)c1ocnc1F. The highest BCUT2D eigenvalue weighted by molar-refractivity contribution is 4.97. The Morgan fingerprint density at radius 2 is 2.33 bits per heavy atom. The van der Waals surface area contributed by atoms with E-state index in [1.165, 1.54) is 0 Å². The van der Waals surface area contributed by atoms with Gasteiger partial charge < -0.3 is 4.42 Å². The molecule has 0 aliphatic carbocycles. The molecular formula is C6H8FNO. The van der Waals surface area contributed by atoms with E-state index in [0.717, 1.165) is 6.39 Å². The molecule has 0 aliphatic heterocycles. The Labute approximate surface area is 52.7 Å². The lowest BCUT2D eigenvalue weighted by Crippen LogP contribution is -1.87. The molecule has 1 aromatic heterocycles. The lowest BCUT2D eigenvalue weighted by Gasteiger charge is -1.95. The highest BCUT2D eigenvalue weighted by atomic mass is 19.1. The molecule has 9 heavy (non-hydrogen) atoms. The molecule has 0 fully saturated rings. The summed E-state index contributed by atoms with van der Waals surface area (Å²) < 4.78 is 17.1. The van der Waals surface area contributed by atoms with Crippen LogP contribution in [0.2, 0.25) is 0 Å². The standard InChI is InChI=1S/C6H8FNO/c1-4(2)5-6(7)8-3-9-5/h3-4H,1-2H3. The van der Waals surface area contributed by atoms with Crippen molar-refractivity contribution in [1.29, 1.82) is 0 Å². The van der Waals surface area contributed by atoms with Gasteiger partial charge in [0.2, 0.25) is 0 Å². The van der Waals surface area contributed by atoms with Gasteiger partial charge in [0.15, 0.2) is 12.2 Å². The molecule has 0 saturated heterocycles. The van der Waals surface area contributed by atoms with Gasteiger partial charge in [0.05, 0.1) is 0 Å². The second-order valence-electron chi connectivity index (χ2n) is 2.16. The third-order valence-corrected chi connectivity index (χ3v) is 1.07. The first-order chi connectivity index (χ1) is 4.22. The fourth-order valence-electron chi connectivity index (χ4n) is 0.616. The summed E-state index contributed by atoms with van der Waals surface area (Å²) in [6.45, 7) is 3.70. The van der Waals surface area contributed by atoms with E-state index in [0.29, 0.717) is 5.76 Å². The average Bonchev–Trinajstić information content (AvgIpc) is 2.13. The normalized spacial score (nSPS) is 10.7. The third kappa shape index (κ3) is 1.09. The maximum Gasteiger partial charge on any atom is 0.254 e. The Hall–Kier alpha value is -0.860. The van der Waals surface area contributed by atoms with Crippen LogP contribution >= 0.6 is 0 Å². The zero-order valence-electron chi connectivity index (χ0n) is 5.39. The molecule has 0 aliphatic rings. The summed E-state index contributed by atoms with van der Waals surface area (Å²) in [6, 6.07) is 0. The molecule has 3 heteroatoms. The summed E-state index contributed by atoms with van der Waals surface area (Å²) in [5.74, 6) is -0.0903. The summed E-state index contributed by atoms with van der Waals surface area (Å²) in [5, 5.41) is 0. The van der Waals surface area contributed by atoms with E-state index >= 15 is 0 Å². The van der Waals surface area contributed by atoms with Gasteiger partial charge in [-0.3, -0.25) is 0 Å². The molecule has 0 bridgehead atoms. The minimum absolute atomic E-state index is 0.0764. The Balaban J connectivity index is 2.94. The van der Waals surface area contributed by atoms with Gasteiger partial charge in [0.1, 0.15) is 0 Å². The summed E-state index contributed by atoms with van der Waals surface area (Å²) in [4.78, 5) is 3.30. The smallest absolute Gasteiger partial charge is 0.254 e. The number of halogens is 1. The van der Waals surface area contributed by atoms with Gasteiger partial charge in [-0.2, -0.15) is 9.37 Å². The van der Waals surface area contributed by atoms with Crippen LogP contribution in [0.1, 0.15) is 25.5 Å². The number of nitrogens with zero attached hydrogens (tertiary/aromatic N) is 1. The molecule has 2 nitrogen and oxygen atoms in total. The van der Waals surface area contributed by atoms with Crippen molar-refractivity contribution >= 4 is 0 Å². The first kappa shape index (κ1) is 6.26. The van der Waals surface area contributed by atoms with Crippen LogP contribution in [-0.2, 0) is 0 Å². The molecule has 1 heterocycles. The van der Waals surface area contributed by atoms with Crippen molar-refractivity contribution in [3.8, 4) is 0 Å². The van der Waals surface area contributed by atoms with E-state index in [9.17, 15) is 4.39 Å². The largest absolute Gasteiger partial charge is 0.445 e. The fraction of sp³-hybridized carbons (Fsp3) is 0.500. The molecule has 0 amide bonds. The zero-order chi connectivity index (χ0) is 6.85. The van der Waals surface area contributed by atoms with E-state index in [1.807, 2.05) is 13.8 Å². The summed E-state index contributed by atoms with van der Waals surface area (Å²) in [7, 11) is 0. The third-order valence-electron chi connectivity index (χ3n) is 1.07. The first-order valence-corrected chi connectivity index (χ1v) is 2.80. The van der Waals surface area contributed by atoms with E-state index in [2.05, 4.69) is 4.98 Å². The van der Waals surface area contributed by atoms with Gasteiger partial charge in [0.25, 0.3) is 5.95 Å². The van der Waals surface area contributed by atoms with E-state index < -0.39 is 5.95 Å². The molecule has 0 unspecified atom stereocenters. The van der Waals surface area contributed by atoms with Crippen molar-refractivity contribution in [2.24, 2.45) is 0 Å². The first-order valence-electron chi connectivity index (χ1n) is 2.80. The van der Waals surface area contributed by atoms with E-state index in [-0.39, 0.29) is 5.92 Å². The quantitative estimate of drug-likeness (QED) is 0.579. The Morgan fingerprint density at radius 1 is 1.67 bits per heavy atom. The topological polar surface area (TPSA) is 26.0 Å². The van der Waals surface area contributed by atoms with Crippen LogP contribution in [0.3, 0.4) is 0 Å². The van der Waals surface area contributed by atoms with Crippen LogP contribution in [0.4, 0.5) is 4.39 Å². The predicted octanol–water partition coefficient (Wildman–Crippen LogP) is 1.94. The van der Waals surface area contributed by atoms with Gasteiger partial charge in [-0.05, 0) is 0 Å². The van der Waals surface area contributed by atoms with Crippen molar-refractivity contribution < 1.29 is 8.81 Å². The lowest BCUT2D eigenvalue weighted by molar-refractivity contribution is 0.452. The Bertz CT molecular complexity index is 195. The molecule has 0 saturated carbocycles. The fourth-order valence-corrected chi connectivity index (χ4v) is 0.616. The number of aromatic nitrogens is 1. The molecule has 1 aromatic rings. The van der Waals surface area contributed by atoms with Crippen LogP contribution in [0.15, 0.2) is 10.8 Å². The van der Waals surface area contributed by atoms with Crippen molar-refractivity contribution in [2.75, 3.05) is 0 Å².